The normalized spacial score (nSPS) is 23.4. The maximum atomic E-state index is 14.3. The van der Waals surface area contributed by atoms with E-state index < -0.39 is 41.6 Å². The van der Waals surface area contributed by atoms with Gasteiger partial charge in [0.25, 0.3) is 5.91 Å². The Morgan fingerprint density at radius 2 is 1.97 bits per heavy atom. The van der Waals surface area contributed by atoms with E-state index in [-0.39, 0.29) is 5.56 Å². The molecule has 0 bridgehead atoms. The van der Waals surface area contributed by atoms with E-state index in [9.17, 15) is 23.2 Å². The summed E-state index contributed by atoms with van der Waals surface area (Å²) in [6.07, 6.45) is 0.747. The van der Waals surface area contributed by atoms with Gasteiger partial charge in [-0.15, -0.1) is 11.8 Å². The van der Waals surface area contributed by atoms with Crippen molar-refractivity contribution in [1.82, 2.24) is 10.2 Å². The molecule has 31 heavy (non-hydrogen) atoms. The van der Waals surface area contributed by atoms with Gasteiger partial charge in [-0.2, -0.15) is 0 Å². The number of para-hydroxylation sites is 1. The highest BCUT2D eigenvalue weighted by Crippen LogP contribution is 2.37. The number of thioether (sulfide) groups is 1. The number of hydrogen-bond donors (Lipinski definition) is 1. The predicted molar refractivity (Wildman–Crippen MR) is 113 cm³/mol. The lowest BCUT2D eigenvalue weighted by Gasteiger charge is -2.25. The quantitative estimate of drug-likeness (QED) is 0.733. The van der Waals surface area contributed by atoms with Crippen molar-refractivity contribution in [2.24, 2.45) is 0 Å². The molecule has 0 aromatic heterocycles. The average molecular weight is 445 g/mol. The smallest absolute Gasteiger partial charge is 0.319 e. The molecule has 2 aliphatic heterocycles. The van der Waals surface area contributed by atoms with Crippen molar-refractivity contribution < 1.29 is 23.2 Å². The standard InChI is InChI=1S/C22H21F2N3O3S/c1-13-9-10-26(17-5-3-4-6-18(17)31-13)19(28)12-27-20(29)22(2,25-21(27)30)15-11-14(23)7-8-16(15)24/h3-8,11,13H,9-10,12H2,1-2H3,(H,25,30)/t13-,22+/m0/s1. The minimum Gasteiger partial charge on any atom is -0.319 e. The molecule has 2 aromatic carbocycles. The molecule has 4 amide bonds. The molecule has 9 heteroatoms. The van der Waals surface area contributed by atoms with E-state index in [1.807, 2.05) is 24.3 Å². The minimum atomic E-state index is -1.80. The zero-order valence-electron chi connectivity index (χ0n) is 17.0. The Kier molecular flexibility index (Phi) is 5.47. The Morgan fingerprint density at radius 3 is 2.74 bits per heavy atom. The van der Waals surface area contributed by atoms with Crippen LogP contribution in [0, 0.1) is 11.6 Å². The second-order valence-electron chi connectivity index (χ2n) is 7.80. The van der Waals surface area contributed by atoms with E-state index in [1.165, 1.54) is 6.92 Å². The summed E-state index contributed by atoms with van der Waals surface area (Å²) in [6, 6.07) is 9.36. The van der Waals surface area contributed by atoms with E-state index in [0.717, 1.165) is 40.1 Å². The van der Waals surface area contributed by atoms with Gasteiger partial charge in [-0.05, 0) is 43.7 Å². The van der Waals surface area contributed by atoms with Crippen LogP contribution in [-0.2, 0) is 15.1 Å². The number of urea groups is 1. The molecule has 4 rings (SSSR count). The monoisotopic (exact) mass is 445 g/mol. The van der Waals surface area contributed by atoms with Crippen LogP contribution in [0.3, 0.4) is 0 Å². The van der Waals surface area contributed by atoms with E-state index >= 15 is 0 Å². The summed E-state index contributed by atoms with van der Waals surface area (Å²) in [4.78, 5) is 42.0. The van der Waals surface area contributed by atoms with Crippen molar-refractivity contribution in [3.8, 4) is 0 Å². The molecule has 1 saturated heterocycles. The number of imide groups is 1. The Hall–Kier alpha value is -2.94. The molecule has 0 radical (unpaired) electrons. The fraction of sp³-hybridized carbons (Fsp3) is 0.318. The van der Waals surface area contributed by atoms with Gasteiger partial charge in [0.15, 0.2) is 0 Å². The Balaban J connectivity index is 1.60. The maximum Gasteiger partial charge on any atom is 0.325 e. The third-order valence-corrected chi connectivity index (χ3v) is 6.82. The molecule has 1 N–H and O–H groups in total. The number of halogens is 2. The van der Waals surface area contributed by atoms with Crippen LogP contribution in [0.25, 0.3) is 0 Å². The van der Waals surface area contributed by atoms with Crippen LogP contribution in [0.15, 0.2) is 47.4 Å². The molecular weight excluding hydrogens is 424 g/mol. The number of benzene rings is 2. The van der Waals surface area contributed by atoms with Gasteiger partial charge in [0.05, 0.1) is 5.69 Å². The molecule has 162 valence electrons. The summed E-state index contributed by atoms with van der Waals surface area (Å²) in [5.74, 6) is -2.78. The van der Waals surface area contributed by atoms with E-state index in [0.29, 0.717) is 11.8 Å². The highest BCUT2D eigenvalue weighted by atomic mass is 32.2. The predicted octanol–water partition coefficient (Wildman–Crippen LogP) is 3.65. The first-order valence-corrected chi connectivity index (χ1v) is 10.7. The number of amides is 4. The Bertz CT molecular complexity index is 1080. The maximum absolute atomic E-state index is 14.3. The second-order valence-corrected chi connectivity index (χ2v) is 9.28. The van der Waals surface area contributed by atoms with Gasteiger partial charge in [-0.1, -0.05) is 19.1 Å². The summed E-state index contributed by atoms with van der Waals surface area (Å²) < 4.78 is 28.0. The molecule has 1 fully saturated rings. The van der Waals surface area contributed by atoms with Crippen molar-refractivity contribution in [3.05, 3.63) is 59.7 Å². The largest absolute Gasteiger partial charge is 0.325 e. The lowest BCUT2D eigenvalue weighted by molar-refractivity contribution is -0.134. The molecule has 6 nitrogen and oxygen atoms in total. The molecule has 2 atom stereocenters. The van der Waals surface area contributed by atoms with Gasteiger partial charge in [-0.25, -0.2) is 13.6 Å². The fourth-order valence-corrected chi connectivity index (χ4v) is 4.98. The van der Waals surface area contributed by atoms with Gasteiger partial charge < -0.3 is 10.2 Å². The highest BCUT2D eigenvalue weighted by Gasteiger charge is 2.51. The summed E-state index contributed by atoms with van der Waals surface area (Å²) in [5, 5.41) is 2.72. The number of carbonyl (C=O) groups excluding carboxylic acids is 3. The molecule has 0 saturated carbocycles. The van der Waals surface area contributed by atoms with Gasteiger partial charge in [0.2, 0.25) is 5.91 Å². The van der Waals surface area contributed by atoms with E-state index in [1.54, 1.807) is 16.7 Å². The van der Waals surface area contributed by atoms with Crippen LogP contribution >= 0.6 is 11.8 Å². The number of hydrogen-bond acceptors (Lipinski definition) is 4. The van der Waals surface area contributed by atoms with Gasteiger partial charge in [0.1, 0.15) is 23.7 Å². The third-order valence-electron chi connectivity index (χ3n) is 5.58. The van der Waals surface area contributed by atoms with Crippen molar-refractivity contribution in [2.75, 3.05) is 18.0 Å². The molecular formula is C22H21F2N3O3S. The first-order chi connectivity index (χ1) is 14.7. The summed E-state index contributed by atoms with van der Waals surface area (Å²) in [6.45, 7) is 3.33. The lowest BCUT2D eigenvalue weighted by Crippen LogP contribution is -2.45. The molecule has 0 unspecified atom stereocenters. The van der Waals surface area contributed by atoms with Crippen molar-refractivity contribution in [1.29, 1.82) is 0 Å². The van der Waals surface area contributed by atoms with Crippen molar-refractivity contribution in [3.63, 3.8) is 0 Å². The third kappa shape index (κ3) is 3.78. The average Bonchev–Trinajstić information content (AvgIpc) is 2.86. The van der Waals surface area contributed by atoms with Crippen LogP contribution in [0.4, 0.5) is 19.3 Å². The summed E-state index contributed by atoms with van der Waals surface area (Å²) in [7, 11) is 0. The number of nitrogens with zero attached hydrogens (tertiary/aromatic N) is 2. The topological polar surface area (TPSA) is 69.7 Å². The Morgan fingerprint density at radius 1 is 1.23 bits per heavy atom. The van der Waals surface area contributed by atoms with Crippen molar-refractivity contribution in [2.45, 2.75) is 36.0 Å². The zero-order valence-corrected chi connectivity index (χ0v) is 17.8. The van der Waals surface area contributed by atoms with Crippen molar-refractivity contribution >= 4 is 35.3 Å². The Labute approximate surface area is 182 Å². The lowest BCUT2D eigenvalue weighted by atomic mass is 9.91. The second kappa shape index (κ2) is 7.96. The SMILES string of the molecule is C[C@H]1CCN(C(=O)CN2C(=O)N[C@](C)(c3cc(F)ccc3F)C2=O)c2ccccc2S1. The fourth-order valence-electron chi connectivity index (χ4n) is 3.87. The number of rotatable bonds is 3. The van der Waals surface area contributed by atoms with E-state index in [2.05, 4.69) is 12.2 Å². The summed E-state index contributed by atoms with van der Waals surface area (Å²) >= 11 is 1.67. The highest BCUT2D eigenvalue weighted by molar-refractivity contribution is 8.00. The first-order valence-electron chi connectivity index (χ1n) is 9.86. The van der Waals surface area contributed by atoms with Crippen LogP contribution in [0.1, 0.15) is 25.8 Å². The number of carbonyl (C=O) groups is 3. The minimum absolute atomic E-state index is 0.286. The first kappa shape index (κ1) is 21.3. The molecule has 2 aromatic rings. The number of anilines is 1. The molecule has 0 spiro atoms. The number of nitrogens with one attached hydrogen (secondary N) is 1. The zero-order chi connectivity index (χ0) is 22.3. The van der Waals surface area contributed by atoms with Gasteiger partial charge in [0, 0.05) is 22.3 Å². The van der Waals surface area contributed by atoms with Crippen LogP contribution in [0.2, 0.25) is 0 Å². The van der Waals surface area contributed by atoms with Gasteiger partial charge >= 0.3 is 6.03 Å². The summed E-state index contributed by atoms with van der Waals surface area (Å²) in [5.41, 5.74) is -1.36. The molecule has 0 aliphatic carbocycles. The molecule has 2 aliphatic rings. The molecule has 2 heterocycles. The van der Waals surface area contributed by atoms with Crippen LogP contribution in [-0.4, -0.2) is 41.1 Å². The number of fused-ring (bicyclic) bond motifs is 1. The van der Waals surface area contributed by atoms with E-state index in [4.69, 9.17) is 0 Å². The van der Waals surface area contributed by atoms with Crippen LogP contribution < -0.4 is 10.2 Å². The van der Waals surface area contributed by atoms with Crippen LogP contribution in [0.5, 0.6) is 0 Å². The van der Waals surface area contributed by atoms with Gasteiger partial charge in [-0.3, -0.25) is 14.5 Å².